The minimum Gasteiger partial charge on any atom is -0.324 e. The summed E-state index contributed by atoms with van der Waals surface area (Å²) in [6, 6.07) is 4.25. The van der Waals surface area contributed by atoms with Crippen LogP contribution < -0.4 is 5.73 Å². The lowest BCUT2D eigenvalue weighted by Crippen LogP contribution is -2.11. The molecule has 12 heavy (non-hydrogen) atoms. The van der Waals surface area contributed by atoms with Gasteiger partial charge in [-0.3, -0.25) is 4.98 Å². The van der Waals surface area contributed by atoms with E-state index in [1.54, 1.807) is 12.4 Å². The van der Waals surface area contributed by atoms with Crippen molar-refractivity contribution in [3.8, 4) is 0 Å². The van der Waals surface area contributed by atoms with Crippen LogP contribution >= 0.6 is 12.4 Å². The maximum Gasteiger partial charge on any atom is 0.0324 e. The highest BCUT2D eigenvalue weighted by molar-refractivity contribution is 5.85. The lowest BCUT2D eigenvalue weighted by molar-refractivity contribution is 0.632. The van der Waals surface area contributed by atoms with E-state index in [1.807, 2.05) is 12.1 Å². The number of hydrogen-bond donors (Lipinski definition) is 1. The fourth-order valence-electron chi connectivity index (χ4n) is 1.31. The summed E-state index contributed by atoms with van der Waals surface area (Å²) < 4.78 is 0. The van der Waals surface area contributed by atoms with E-state index < -0.39 is 0 Å². The van der Waals surface area contributed by atoms with Gasteiger partial charge in [0, 0.05) is 18.4 Å². The average molecular weight is 185 g/mol. The fourth-order valence-corrected chi connectivity index (χ4v) is 1.31. The molecule has 3 heteroatoms. The molecule has 0 unspecified atom stereocenters. The van der Waals surface area contributed by atoms with Crippen molar-refractivity contribution in [1.82, 2.24) is 4.98 Å². The smallest absolute Gasteiger partial charge is 0.0324 e. The van der Waals surface area contributed by atoms with E-state index in [9.17, 15) is 0 Å². The van der Waals surface area contributed by atoms with Gasteiger partial charge in [0.1, 0.15) is 0 Å². The van der Waals surface area contributed by atoms with E-state index in [-0.39, 0.29) is 18.4 Å². The first kappa shape index (κ1) is 9.49. The van der Waals surface area contributed by atoms with Crippen molar-refractivity contribution in [2.24, 2.45) is 11.7 Å². The second kappa shape index (κ2) is 3.87. The number of nitrogens with two attached hydrogens (primary N) is 1. The number of pyridine rings is 1. The van der Waals surface area contributed by atoms with Crippen molar-refractivity contribution in [3.05, 3.63) is 30.1 Å². The molecule has 0 saturated heterocycles. The zero-order valence-corrected chi connectivity index (χ0v) is 7.63. The van der Waals surface area contributed by atoms with Crippen LogP contribution in [0.5, 0.6) is 0 Å². The Morgan fingerprint density at radius 1 is 1.33 bits per heavy atom. The summed E-state index contributed by atoms with van der Waals surface area (Å²) in [7, 11) is 0. The molecule has 66 valence electrons. The third-order valence-electron chi connectivity index (χ3n) is 2.22. The molecular weight excluding hydrogens is 172 g/mol. The summed E-state index contributed by atoms with van der Waals surface area (Å²) in [4.78, 5) is 3.95. The largest absolute Gasteiger partial charge is 0.324 e. The van der Waals surface area contributed by atoms with E-state index >= 15 is 0 Å². The van der Waals surface area contributed by atoms with Gasteiger partial charge in [-0.1, -0.05) is 0 Å². The Balaban J connectivity index is 0.000000720. The Bertz CT molecular complexity index is 234. The molecule has 1 aromatic heterocycles. The Morgan fingerprint density at radius 3 is 2.42 bits per heavy atom. The quantitative estimate of drug-likeness (QED) is 0.763. The van der Waals surface area contributed by atoms with Crippen molar-refractivity contribution in [3.63, 3.8) is 0 Å². The van der Waals surface area contributed by atoms with Gasteiger partial charge in [-0.05, 0) is 36.5 Å². The summed E-state index contributed by atoms with van der Waals surface area (Å²) in [5.74, 6) is 0.734. The molecular formula is C9H13ClN2. The highest BCUT2D eigenvalue weighted by Crippen LogP contribution is 2.38. The van der Waals surface area contributed by atoms with E-state index in [1.165, 1.54) is 18.4 Å². The Morgan fingerprint density at radius 2 is 1.92 bits per heavy atom. The molecule has 1 fully saturated rings. The number of aromatic nitrogens is 1. The molecule has 0 spiro atoms. The predicted octanol–water partition coefficient (Wildman–Crippen LogP) is 1.91. The first-order chi connectivity index (χ1) is 5.38. The van der Waals surface area contributed by atoms with Crippen LogP contribution in [0.3, 0.4) is 0 Å². The summed E-state index contributed by atoms with van der Waals surface area (Å²) >= 11 is 0. The molecule has 0 aliphatic heterocycles. The molecule has 0 amide bonds. The van der Waals surface area contributed by atoms with Gasteiger partial charge in [0.2, 0.25) is 0 Å². The molecule has 2 nitrogen and oxygen atoms in total. The van der Waals surface area contributed by atoms with E-state index in [4.69, 9.17) is 5.73 Å². The van der Waals surface area contributed by atoms with Gasteiger partial charge < -0.3 is 5.73 Å². The van der Waals surface area contributed by atoms with Crippen LogP contribution in [0.1, 0.15) is 24.4 Å². The number of halogens is 1. The van der Waals surface area contributed by atoms with Gasteiger partial charge in [-0.2, -0.15) is 0 Å². The van der Waals surface area contributed by atoms with Crippen LogP contribution in [0.25, 0.3) is 0 Å². The molecule has 1 aromatic rings. The van der Waals surface area contributed by atoms with Crippen molar-refractivity contribution in [1.29, 1.82) is 0 Å². The van der Waals surface area contributed by atoms with E-state index in [0.29, 0.717) is 0 Å². The third-order valence-corrected chi connectivity index (χ3v) is 2.22. The van der Waals surface area contributed by atoms with Crippen LogP contribution in [0.15, 0.2) is 24.5 Å². The number of rotatable bonds is 2. The van der Waals surface area contributed by atoms with Crippen molar-refractivity contribution < 1.29 is 0 Å². The SMILES string of the molecule is Cl.N[C@@H](c1ccncc1)C1CC1. The standard InChI is InChI=1S/C9H12N2.ClH/c10-9(7-1-2-7)8-3-5-11-6-4-8;/h3-7,9H,1-2,10H2;1H/t9-;/m1./s1. The topological polar surface area (TPSA) is 38.9 Å². The average Bonchev–Trinajstić information content (AvgIpc) is 2.87. The molecule has 0 radical (unpaired) electrons. The minimum absolute atomic E-state index is 0. The van der Waals surface area contributed by atoms with Crippen LogP contribution in [-0.4, -0.2) is 4.98 Å². The van der Waals surface area contributed by atoms with Crippen LogP contribution in [-0.2, 0) is 0 Å². The first-order valence-corrected chi connectivity index (χ1v) is 4.03. The minimum atomic E-state index is 0. The van der Waals surface area contributed by atoms with Crippen molar-refractivity contribution >= 4 is 12.4 Å². The predicted molar refractivity (Wildman–Crippen MR) is 51.1 cm³/mol. The highest BCUT2D eigenvalue weighted by Gasteiger charge is 2.29. The normalized spacial score (nSPS) is 18.1. The Labute approximate surface area is 78.6 Å². The lowest BCUT2D eigenvalue weighted by atomic mass is 10.1. The zero-order valence-electron chi connectivity index (χ0n) is 6.81. The van der Waals surface area contributed by atoms with Crippen molar-refractivity contribution in [2.45, 2.75) is 18.9 Å². The van der Waals surface area contributed by atoms with Gasteiger partial charge in [0.25, 0.3) is 0 Å². The van der Waals surface area contributed by atoms with Gasteiger partial charge >= 0.3 is 0 Å². The molecule has 1 aliphatic rings. The monoisotopic (exact) mass is 184 g/mol. The lowest BCUT2D eigenvalue weighted by Gasteiger charge is -2.08. The van der Waals surface area contributed by atoms with E-state index in [2.05, 4.69) is 4.98 Å². The molecule has 2 N–H and O–H groups in total. The fraction of sp³-hybridized carbons (Fsp3) is 0.444. The maximum atomic E-state index is 5.97. The Kier molecular flexibility index (Phi) is 3.06. The second-order valence-electron chi connectivity index (χ2n) is 3.14. The molecule has 1 atom stereocenters. The molecule has 1 heterocycles. The maximum absolute atomic E-state index is 5.97. The Hall–Kier alpha value is -0.600. The van der Waals surface area contributed by atoms with E-state index in [0.717, 1.165) is 5.92 Å². The van der Waals surface area contributed by atoms with Gasteiger partial charge in [0.15, 0.2) is 0 Å². The van der Waals surface area contributed by atoms with Gasteiger partial charge in [0.05, 0.1) is 0 Å². The summed E-state index contributed by atoms with van der Waals surface area (Å²) in [5.41, 5.74) is 7.20. The number of nitrogens with zero attached hydrogens (tertiary/aromatic N) is 1. The van der Waals surface area contributed by atoms with Crippen LogP contribution in [0.4, 0.5) is 0 Å². The second-order valence-corrected chi connectivity index (χ2v) is 3.14. The summed E-state index contributed by atoms with van der Waals surface area (Å²) in [6.45, 7) is 0. The summed E-state index contributed by atoms with van der Waals surface area (Å²) in [6.07, 6.45) is 6.20. The zero-order chi connectivity index (χ0) is 7.68. The first-order valence-electron chi connectivity index (χ1n) is 4.03. The molecule has 0 bridgehead atoms. The molecule has 1 aliphatic carbocycles. The molecule has 1 saturated carbocycles. The van der Waals surface area contributed by atoms with Crippen LogP contribution in [0, 0.1) is 5.92 Å². The molecule has 0 aromatic carbocycles. The van der Waals surface area contributed by atoms with Crippen molar-refractivity contribution in [2.75, 3.05) is 0 Å². The molecule has 2 rings (SSSR count). The van der Waals surface area contributed by atoms with Gasteiger partial charge in [-0.15, -0.1) is 12.4 Å². The van der Waals surface area contributed by atoms with Gasteiger partial charge in [-0.25, -0.2) is 0 Å². The number of hydrogen-bond acceptors (Lipinski definition) is 2. The summed E-state index contributed by atoms with van der Waals surface area (Å²) in [5, 5.41) is 0. The third kappa shape index (κ3) is 1.96. The van der Waals surface area contributed by atoms with Crippen LogP contribution in [0.2, 0.25) is 0 Å². The highest BCUT2D eigenvalue weighted by atomic mass is 35.5.